The second-order valence-electron chi connectivity index (χ2n) is 17.6. The largest absolute Gasteiger partial charge is 0.507 e. The Labute approximate surface area is 374 Å². The number of aromatic nitrogens is 4. The summed E-state index contributed by atoms with van der Waals surface area (Å²) in [5.74, 6) is 3.62. The number of nitrogens with zero attached hydrogens (tertiary/aromatic N) is 6. The van der Waals surface area contributed by atoms with Gasteiger partial charge in [0.25, 0.3) is 0 Å². The maximum atomic E-state index is 11.2. The van der Waals surface area contributed by atoms with E-state index < -0.39 is 0 Å². The third-order valence-electron chi connectivity index (χ3n) is 12.6. The standard InChI is InChI=1S/C28H28BN3O2.C22H25BN3.Ir/c1-16(2)18-10-8-11-19(17(3)4)26(18)29-31(5)27-24-20-9-6-7-12-22(20)34-23(24)15-21(33)25(27)28-30-13-14-32(28)29;1-15(2)17-10-8-11-18(16(3)4)21(17)23-25(5)20-12-7-6-9-19(20)22-24-13-14-26(22)23;/h6-17,33H,1-5H3;6-8,10-16H,1-5H3;/q;-1;. The monoisotopic (exact) mass is 984 g/mol. The van der Waals surface area contributed by atoms with Crippen molar-refractivity contribution in [2.75, 3.05) is 23.7 Å². The van der Waals surface area contributed by atoms with Crippen LogP contribution in [0.4, 0.5) is 11.4 Å². The van der Waals surface area contributed by atoms with Crippen molar-refractivity contribution < 1.29 is 29.6 Å². The van der Waals surface area contributed by atoms with Crippen molar-refractivity contribution in [3.05, 3.63) is 138 Å². The number of phenolic OH excluding ortho intramolecular Hbond substituents is 1. The van der Waals surface area contributed by atoms with Gasteiger partial charge >= 0.3 is 14.0 Å². The normalized spacial score (nSPS) is 13.1. The van der Waals surface area contributed by atoms with Crippen LogP contribution in [0, 0.1) is 6.07 Å². The van der Waals surface area contributed by atoms with Gasteiger partial charge in [-0.1, -0.05) is 121 Å². The first-order valence-electron chi connectivity index (χ1n) is 21.3. The van der Waals surface area contributed by atoms with Crippen LogP contribution in [0.5, 0.6) is 5.75 Å². The van der Waals surface area contributed by atoms with Gasteiger partial charge in [0.15, 0.2) is 0 Å². The van der Waals surface area contributed by atoms with Crippen LogP contribution < -0.4 is 20.5 Å². The number of hydrogen-bond donors (Lipinski definition) is 1. The van der Waals surface area contributed by atoms with Crippen molar-refractivity contribution in [3.63, 3.8) is 0 Å². The Morgan fingerprint density at radius 3 is 1.72 bits per heavy atom. The molecule has 0 saturated carbocycles. The van der Waals surface area contributed by atoms with E-state index in [0.29, 0.717) is 29.3 Å². The summed E-state index contributed by atoms with van der Waals surface area (Å²) < 4.78 is 10.7. The molecule has 10 rings (SSSR count). The van der Waals surface area contributed by atoms with E-state index in [1.54, 1.807) is 6.07 Å². The third kappa shape index (κ3) is 6.81. The molecule has 0 spiro atoms. The molecule has 61 heavy (non-hydrogen) atoms. The van der Waals surface area contributed by atoms with Crippen LogP contribution in [-0.4, -0.2) is 52.1 Å². The van der Waals surface area contributed by atoms with Gasteiger partial charge in [0, 0.05) is 62.2 Å². The molecule has 0 fully saturated rings. The molecular weight excluding hydrogens is 930 g/mol. The van der Waals surface area contributed by atoms with Crippen LogP contribution in [0.1, 0.15) is 101 Å². The minimum Gasteiger partial charge on any atom is -0.507 e. The molecule has 2 aliphatic heterocycles. The Hall–Kier alpha value is -5.50. The minimum atomic E-state index is -0.0975. The van der Waals surface area contributed by atoms with Crippen molar-refractivity contribution in [1.29, 1.82) is 0 Å². The first-order valence-corrected chi connectivity index (χ1v) is 21.3. The van der Waals surface area contributed by atoms with E-state index in [9.17, 15) is 5.11 Å². The van der Waals surface area contributed by atoms with Crippen LogP contribution in [0.25, 0.3) is 44.7 Å². The van der Waals surface area contributed by atoms with Gasteiger partial charge in [-0.25, -0.2) is 4.98 Å². The van der Waals surface area contributed by atoms with Gasteiger partial charge in [-0.05, 0) is 77.0 Å². The second kappa shape index (κ2) is 16.4. The molecule has 3 aromatic heterocycles. The number of aromatic hydroxyl groups is 1. The molecule has 11 heteroatoms. The fraction of sp³-hybridized carbons (Fsp3) is 0.280. The number of imidazole rings is 2. The van der Waals surface area contributed by atoms with Crippen molar-refractivity contribution >= 4 is 58.2 Å². The number of hydrogen-bond acceptors (Lipinski definition) is 6. The molecule has 0 saturated heterocycles. The van der Waals surface area contributed by atoms with Crippen LogP contribution in [-0.2, 0) is 20.1 Å². The van der Waals surface area contributed by atoms with E-state index in [-0.39, 0.29) is 39.8 Å². The van der Waals surface area contributed by atoms with Crippen molar-refractivity contribution in [2.24, 2.45) is 0 Å². The molecule has 8 nitrogen and oxygen atoms in total. The SMILES string of the molecule is CC(C)c1cccc(C(C)C)c1B1N(C)c2c(c(O)cc3oc4ccccc4c23)-c2nccn21.CC(C)c1cccc(C(C)C)c1B1N(C)c2ccc[c-]c2-c2nccn21.[Ir]. The van der Waals surface area contributed by atoms with E-state index in [0.717, 1.165) is 44.8 Å². The second-order valence-corrected chi connectivity index (χ2v) is 17.6. The summed E-state index contributed by atoms with van der Waals surface area (Å²) in [4.78, 5) is 14.1. The quantitative estimate of drug-likeness (QED) is 0.132. The van der Waals surface area contributed by atoms with E-state index >= 15 is 0 Å². The van der Waals surface area contributed by atoms with Gasteiger partial charge in [0.1, 0.15) is 22.7 Å². The molecule has 5 aromatic carbocycles. The maximum absolute atomic E-state index is 11.2. The molecule has 1 radical (unpaired) electrons. The Morgan fingerprint density at radius 2 is 1.15 bits per heavy atom. The zero-order chi connectivity index (χ0) is 42.1. The summed E-state index contributed by atoms with van der Waals surface area (Å²) >= 11 is 0. The van der Waals surface area contributed by atoms with E-state index in [4.69, 9.17) is 9.40 Å². The molecule has 311 valence electrons. The average molecular weight is 984 g/mol. The first-order chi connectivity index (χ1) is 28.9. The summed E-state index contributed by atoms with van der Waals surface area (Å²) in [7, 11) is 4.30. The molecule has 0 atom stereocenters. The molecule has 1 N–H and O–H groups in total. The third-order valence-corrected chi connectivity index (χ3v) is 12.6. The van der Waals surface area contributed by atoms with Gasteiger partial charge in [-0.3, -0.25) is 4.98 Å². The van der Waals surface area contributed by atoms with Gasteiger partial charge in [-0.2, -0.15) is 0 Å². The summed E-state index contributed by atoms with van der Waals surface area (Å²) in [5, 5.41) is 13.2. The molecule has 5 heterocycles. The fourth-order valence-corrected chi connectivity index (χ4v) is 9.84. The molecule has 0 aliphatic carbocycles. The zero-order valence-corrected chi connectivity index (χ0v) is 39.1. The first kappa shape index (κ1) is 42.2. The molecule has 2 aliphatic rings. The van der Waals surface area contributed by atoms with E-state index in [1.807, 2.05) is 42.9 Å². The number of rotatable bonds is 6. The topological polar surface area (TPSA) is 75.5 Å². The summed E-state index contributed by atoms with van der Waals surface area (Å²) in [5.41, 5.74) is 13.7. The molecular formula is C50H53B2IrN6O2-. The maximum Gasteiger partial charge on any atom is 0.417 e. The van der Waals surface area contributed by atoms with E-state index in [2.05, 4.69) is 160 Å². The van der Waals surface area contributed by atoms with Crippen LogP contribution in [0.2, 0.25) is 0 Å². The summed E-state index contributed by atoms with van der Waals surface area (Å²) in [6.07, 6.45) is 7.85. The van der Waals surface area contributed by atoms with Crippen LogP contribution in [0.15, 0.2) is 114 Å². The number of benzene rings is 5. The Balaban J connectivity index is 0.000000172. The Kier molecular flexibility index (Phi) is 11.4. The number of phenols is 1. The predicted octanol–water partition coefficient (Wildman–Crippen LogP) is 10.4. The number of anilines is 2. The van der Waals surface area contributed by atoms with E-state index in [1.165, 1.54) is 38.9 Å². The molecule has 0 bridgehead atoms. The molecule has 0 amide bonds. The number of fused-ring (bicyclic) bond motifs is 10. The molecule has 8 aromatic rings. The van der Waals surface area contributed by atoms with Crippen LogP contribution >= 0.6 is 0 Å². The van der Waals surface area contributed by atoms with Crippen LogP contribution in [0.3, 0.4) is 0 Å². The van der Waals surface area contributed by atoms with Crippen molar-refractivity contribution in [3.8, 4) is 28.5 Å². The fourth-order valence-electron chi connectivity index (χ4n) is 9.84. The minimum absolute atomic E-state index is 0. The Morgan fingerprint density at radius 1 is 0.623 bits per heavy atom. The zero-order valence-electron chi connectivity index (χ0n) is 36.7. The average Bonchev–Trinajstić information content (AvgIpc) is 4.00. The van der Waals surface area contributed by atoms with Gasteiger partial charge in [0.05, 0.1) is 16.6 Å². The Bertz CT molecular complexity index is 2840. The van der Waals surface area contributed by atoms with Crippen molar-refractivity contribution in [1.82, 2.24) is 18.9 Å². The van der Waals surface area contributed by atoms with Gasteiger partial charge in [-0.15, -0.1) is 24.3 Å². The number of para-hydroxylation sites is 1. The summed E-state index contributed by atoms with van der Waals surface area (Å²) in [6.45, 7) is 18.1. The van der Waals surface area contributed by atoms with Gasteiger partial charge < -0.3 is 28.1 Å². The smallest absolute Gasteiger partial charge is 0.417 e. The molecule has 0 unspecified atom stereocenters. The van der Waals surface area contributed by atoms with Gasteiger partial charge in [0.2, 0.25) is 0 Å². The summed E-state index contributed by atoms with van der Waals surface area (Å²) in [6, 6.07) is 32.8. The predicted molar refractivity (Wildman–Crippen MR) is 251 cm³/mol. The number of furan rings is 1. The van der Waals surface area contributed by atoms with Crippen molar-refractivity contribution in [2.45, 2.75) is 79.1 Å².